The molecule has 0 saturated carbocycles. The molecule has 1 saturated heterocycles. The summed E-state index contributed by atoms with van der Waals surface area (Å²) in [5, 5.41) is 5.19. The van der Waals surface area contributed by atoms with Gasteiger partial charge in [0.1, 0.15) is 0 Å². The van der Waals surface area contributed by atoms with Gasteiger partial charge in [0.05, 0.1) is 31.5 Å². The molecule has 1 fully saturated rings. The van der Waals surface area contributed by atoms with Crippen LogP contribution in [0, 0.1) is 0 Å². The second-order valence-corrected chi connectivity index (χ2v) is 11.1. The molecule has 3 amide bonds. The van der Waals surface area contributed by atoms with E-state index in [1.165, 1.54) is 12.1 Å². The van der Waals surface area contributed by atoms with Gasteiger partial charge in [-0.05, 0) is 56.8 Å². The normalized spacial score (nSPS) is 16.9. The molecule has 168 valence electrons. The molecule has 1 aliphatic heterocycles. The SMILES string of the molecule is CN1CCCC1CS(=O)(=O)c1ccc2nc(NC(=O)NC(=O)c3ccccc3Cl)sc2c1. The number of hydrogen-bond donors (Lipinski definition) is 2. The Morgan fingerprint density at radius 2 is 2.03 bits per heavy atom. The number of hydrogen-bond acceptors (Lipinski definition) is 7. The number of sulfone groups is 1. The highest BCUT2D eigenvalue weighted by molar-refractivity contribution is 7.91. The molecule has 11 heteroatoms. The molecule has 32 heavy (non-hydrogen) atoms. The van der Waals surface area contributed by atoms with Crippen LogP contribution in [-0.4, -0.2) is 55.6 Å². The second-order valence-electron chi connectivity index (χ2n) is 7.59. The first kappa shape index (κ1) is 22.7. The van der Waals surface area contributed by atoms with E-state index in [0.717, 1.165) is 30.7 Å². The Labute approximate surface area is 194 Å². The number of imide groups is 1. The summed E-state index contributed by atoms with van der Waals surface area (Å²) >= 11 is 7.10. The third kappa shape index (κ3) is 4.93. The minimum Gasteiger partial charge on any atom is -0.302 e. The van der Waals surface area contributed by atoms with Crippen LogP contribution in [0.2, 0.25) is 5.02 Å². The van der Waals surface area contributed by atoms with E-state index in [4.69, 9.17) is 11.6 Å². The molecule has 2 aromatic carbocycles. The molecule has 1 atom stereocenters. The van der Waals surface area contributed by atoms with Crippen LogP contribution in [0.4, 0.5) is 9.93 Å². The number of thiazole rings is 1. The molecule has 1 aliphatic rings. The van der Waals surface area contributed by atoms with E-state index in [-0.39, 0.29) is 32.4 Å². The topological polar surface area (TPSA) is 108 Å². The molecule has 2 N–H and O–H groups in total. The molecule has 8 nitrogen and oxygen atoms in total. The maximum absolute atomic E-state index is 12.9. The predicted molar refractivity (Wildman–Crippen MR) is 125 cm³/mol. The van der Waals surface area contributed by atoms with Gasteiger partial charge in [-0.2, -0.15) is 0 Å². The molecule has 0 aliphatic carbocycles. The molecule has 1 unspecified atom stereocenters. The quantitative estimate of drug-likeness (QED) is 0.561. The number of carbonyl (C=O) groups excluding carboxylic acids is 2. The first-order valence-electron chi connectivity index (χ1n) is 9.93. The van der Waals surface area contributed by atoms with Crippen molar-refractivity contribution in [1.82, 2.24) is 15.2 Å². The molecule has 0 spiro atoms. The zero-order chi connectivity index (χ0) is 22.9. The Kier molecular flexibility index (Phi) is 6.47. The van der Waals surface area contributed by atoms with Gasteiger partial charge in [0.15, 0.2) is 15.0 Å². The van der Waals surface area contributed by atoms with Crippen LogP contribution in [0.3, 0.4) is 0 Å². The molecular weight excluding hydrogens is 472 g/mol. The number of amides is 3. The van der Waals surface area contributed by atoms with Gasteiger partial charge in [-0.3, -0.25) is 15.4 Å². The van der Waals surface area contributed by atoms with Gasteiger partial charge in [-0.15, -0.1) is 0 Å². The second kappa shape index (κ2) is 9.14. The van der Waals surface area contributed by atoms with Gasteiger partial charge < -0.3 is 4.90 Å². The molecule has 0 radical (unpaired) electrons. The van der Waals surface area contributed by atoms with E-state index in [1.807, 2.05) is 7.05 Å². The third-order valence-electron chi connectivity index (χ3n) is 5.37. The average Bonchev–Trinajstić information content (AvgIpc) is 3.32. The van der Waals surface area contributed by atoms with Crippen LogP contribution in [-0.2, 0) is 9.84 Å². The van der Waals surface area contributed by atoms with Crippen LogP contribution < -0.4 is 10.6 Å². The molecular formula is C21H21ClN4O4S2. The Morgan fingerprint density at radius 1 is 1.25 bits per heavy atom. The van der Waals surface area contributed by atoms with Crippen molar-refractivity contribution in [3.63, 3.8) is 0 Å². The van der Waals surface area contributed by atoms with Crippen molar-refractivity contribution >= 4 is 60.1 Å². The largest absolute Gasteiger partial charge is 0.327 e. The predicted octanol–water partition coefficient (Wildman–Crippen LogP) is 3.78. The summed E-state index contributed by atoms with van der Waals surface area (Å²) in [6, 6.07) is 10.4. The highest BCUT2D eigenvalue weighted by Gasteiger charge is 2.28. The number of benzene rings is 2. The highest BCUT2D eigenvalue weighted by atomic mass is 35.5. The van der Waals surface area contributed by atoms with Crippen molar-refractivity contribution < 1.29 is 18.0 Å². The van der Waals surface area contributed by atoms with Crippen LogP contribution in [0.25, 0.3) is 10.2 Å². The van der Waals surface area contributed by atoms with Crippen LogP contribution in [0.1, 0.15) is 23.2 Å². The first-order valence-corrected chi connectivity index (χ1v) is 12.8. The van der Waals surface area contributed by atoms with Gasteiger partial charge in [0.25, 0.3) is 5.91 Å². The summed E-state index contributed by atoms with van der Waals surface area (Å²) in [6.07, 6.45) is 1.87. The number of likely N-dealkylation sites (tertiary alicyclic amines) is 1. The van der Waals surface area contributed by atoms with E-state index in [1.54, 1.807) is 30.3 Å². The Hall–Kier alpha value is -2.53. The van der Waals surface area contributed by atoms with Crippen LogP contribution in [0.5, 0.6) is 0 Å². The lowest BCUT2D eigenvalue weighted by molar-refractivity contribution is 0.0967. The lowest BCUT2D eigenvalue weighted by Crippen LogP contribution is -2.34. The number of halogens is 1. The number of fused-ring (bicyclic) bond motifs is 1. The lowest BCUT2D eigenvalue weighted by Gasteiger charge is -2.19. The average molecular weight is 493 g/mol. The summed E-state index contributed by atoms with van der Waals surface area (Å²) < 4.78 is 26.4. The van der Waals surface area contributed by atoms with Crippen molar-refractivity contribution in [2.24, 2.45) is 0 Å². The maximum atomic E-state index is 12.9. The fraction of sp³-hybridized carbons (Fsp3) is 0.286. The summed E-state index contributed by atoms with van der Waals surface area (Å²) in [7, 11) is -1.51. The van der Waals surface area contributed by atoms with Gasteiger partial charge in [0, 0.05) is 6.04 Å². The summed E-state index contributed by atoms with van der Waals surface area (Å²) in [4.78, 5) is 31.0. The number of carbonyl (C=O) groups is 2. The zero-order valence-corrected chi connectivity index (χ0v) is 19.6. The van der Waals surface area contributed by atoms with Gasteiger partial charge in [-0.25, -0.2) is 18.2 Å². The summed E-state index contributed by atoms with van der Waals surface area (Å²) in [5.74, 6) is -0.564. The van der Waals surface area contributed by atoms with Crippen molar-refractivity contribution in [3.8, 4) is 0 Å². The van der Waals surface area contributed by atoms with Crippen molar-refractivity contribution in [3.05, 3.63) is 53.1 Å². The van der Waals surface area contributed by atoms with E-state index < -0.39 is 21.8 Å². The highest BCUT2D eigenvalue weighted by Crippen LogP contribution is 2.29. The Morgan fingerprint density at radius 3 is 2.75 bits per heavy atom. The molecule has 3 aromatic rings. The van der Waals surface area contributed by atoms with Gasteiger partial charge in [0.2, 0.25) is 0 Å². The number of nitrogens with one attached hydrogen (secondary N) is 2. The summed E-state index contributed by atoms with van der Waals surface area (Å²) in [5.41, 5.74) is 0.732. The first-order chi connectivity index (χ1) is 15.2. The smallest absolute Gasteiger partial charge is 0.302 e. The number of urea groups is 1. The zero-order valence-electron chi connectivity index (χ0n) is 17.2. The van der Waals surface area contributed by atoms with Crippen LogP contribution >= 0.6 is 22.9 Å². The molecule has 2 heterocycles. The van der Waals surface area contributed by atoms with E-state index in [9.17, 15) is 18.0 Å². The third-order valence-corrected chi connectivity index (χ3v) is 8.43. The fourth-order valence-electron chi connectivity index (χ4n) is 3.64. The van der Waals surface area contributed by atoms with E-state index in [2.05, 4.69) is 20.5 Å². The van der Waals surface area contributed by atoms with Crippen molar-refractivity contribution in [2.75, 3.05) is 24.7 Å². The maximum Gasteiger partial charge on any atom is 0.327 e. The fourth-order valence-corrected chi connectivity index (χ4v) is 6.52. The number of nitrogens with zero attached hydrogens (tertiary/aromatic N) is 2. The number of rotatable bonds is 5. The number of aromatic nitrogens is 1. The molecule has 4 rings (SSSR count). The Bertz CT molecular complexity index is 1290. The standard InChI is InChI=1S/C21H21ClN4O4S2/c1-26-10-4-5-13(26)12-32(29,30)14-8-9-17-18(11-14)31-21(23-17)25-20(28)24-19(27)15-6-2-3-7-16(15)22/h2-3,6-9,11,13H,4-5,10,12H2,1H3,(H2,23,24,25,27,28). The van der Waals surface area contributed by atoms with Gasteiger partial charge in [-0.1, -0.05) is 35.1 Å². The lowest BCUT2D eigenvalue weighted by atomic mass is 10.2. The number of anilines is 1. The minimum absolute atomic E-state index is 0.0220. The van der Waals surface area contributed by atoms with Crippen LogP contribution in [0.15, 0.2) is 47.4 Å². The minimum atomic E-state index is -3.45. The van der Waals surface area contributed by atoms with Crippen molar-refractivity contribution in [1.29, 1.82) is 0 Å². The molecule has 0 bridgehead atoms. The summed E-state index contributed by atoms with van der Waals surface area (Å²) in [6.45, 7) is 0.907. The molecule has 1 aromatic heterocycles. The Balaban J connectivity index is 1.46. The monoisotopic (exact) mass is 492 g/mol. The van der Waals surface area contributed by atoms with E-state index in [0.29, 0.717) is 10.2 Å². The van der Waals surface area contributed by atoms with Crippen molar-refractivity contribution in [2.45, 2.75) is 23.8 Å². The van der Waals surface area contributed by atoms with E-state index >= 15 is 0 Å². The van der Waals surface area contributed by atoms with Gasteiger partial charge >= 0.3 is 6.03 Å².